The summed E-state index contributed by atoms with van der Waals surface area (Å²) < 4.78 is 79.3. The predicted molar refractivity (Wildman–Crippen MR) is 86.8 cm³/mol. The monoisotopic (exact) mass is 386 g/mol. The van der Waals surface area contributed by atoms with Gasteiger partial charge in [-0.2, -0.15) is 13.2 Å². The van der Waals surface area contributed by atoms with Gasteiger partial charge in [0.25, 0.3) is 10.0 Å². The maximum atomic E-state index is 13.2. The molecule has 1 heterocycles. The number of rotatable bonds is 3. The van der Waals surface area contributed by atoms with Crippen molar-refractivity contribution in [2.24, 2.45) is 0 Å². The highest BCUT2D eigenvalue weighted by molar-refractivity contribution is 7.92. The summed E-state index contributed by atoms with van der Waals surface area (Å²) in [5.74, 6) is -0.572. The number of benzene rings is 2. The molecule has 3 rings (SSSR count). The van der Waals surface area contributed by atoms with Gasteiger partial charge in [-0.1, -0.05) is 0 Å². The Morgan fingerprint density at radius 2 is 1.62 bits per heavy atom. The molecule has 5 nitrogen and oxygen atoms in total. The number of aromatic nitrogens is 1. The number of hydrogen-bond acceptors (Lipinski definition) is 3. The summed E-state index contributed by atoms with van der Waals surface area (Å²) in [6.45, 7) is 0. The second-order valence-corrected chi connectivity index (χ2v) is 7.05. The molecule has 0 aliphatic carbocycles. The van der Waals surface area contributed by atoms with Crippen LogP contribution in [0.5, 0.6) is 0 Å². The van der Waals surface area contributed by atoms with Crippen molar-refractivity contribution in [1.29, 1.82) is 0 Å². The lowest BCUT2D eigenvalue weighted by Crippen LogP contribution is -2.16. The first-order valence-corrected chi connectivity index (χ1v) is 8.57. The standard InChI is InChI=1S/C16H10F4N2O3S/c17-9-1-3-10(4-2-9)22-26(24,25)11-5-6-14-12(7-11)13(16(18,19)20)8-15(23)21-14/h1-8,22H,(H,21,23). The molecular weight excluding hydrogens is 376 g/mol. The highest BCUT2D eigenvalue weighted by atomic mass is 32.2. The Bertz CT molecular complexity index is 1140. The molecule has 0 saturated heterocycles. The van der Waals surface area contributed by atoms with E-state index in [1.54, 1.807) is 0 Å². The van der Waals surface area contributed by atoms with Crippen molar-refractivity contribution in [2.75, 3.05) is 4.72 Å². The van der Waals surface area contributed by atoms with Gasteiger partial charge in [-0.15, -0.1) is 0 Å². The van der Waals surface area contributed by atoms with Gasteiger partial charge in [-0.3, -0.25) is 9.52 Å². The Hall–Kier alpha value is -2.88. The van der Waals surface area contributed by atoms with E-state index in [2.05, 4.69) is 9.71 Å². The van der Waals surface area contributed by atoms with Crippen molar-refractivity contribution in [3.63, 3.8) is 0 Å². The van der Waals surface area contributed by atoms with Gasteiger partial charge in [0, 0.05) is 22.7 Å². The molecule has 0 aliphatic rings. The number of sulfonamides is 1. The van der Waals surface area contributed by atoms with E-state index in [0.717, 1.165) is 30.3 Å². The fourth-order valence-corrected chi connectivity index (χ4v) is 3.45. The summed E-state index contributed by atoms with van der Waals surface area (Å²) in [5, 5.41) is -0.459. The van der Waals surface area contributed by atoms with Crippen LogP contribution in [-0.2, 0) is 16.2 Å². The molecule has 0 bridgehead atoms. The number of nitrogens with one attached hydrogen (secondary N) is 2. The maximum absolute atomic E-state index is 13.2. The van der Waals surface area contributed by atoms with Crippen LogP contribution in [0.25, 0.3) is 10.9 Å². The molecule has 0 saturated carbocycles. The van der Waals surface area contributed by atoms with Crippen LogP contribution in [0.4, 0.5) is 23.2 Å². The van der Waals surface area contributed by atoms with Crippen molar-refractivity contribution in [2.45, 2.75) is 11.1 Å². The van der Waals surface area contributed by atoms with Crippen LogP contribution in [-0.4, -0.2) is 13.4 Å². The second kappa shape index (κ2) is 6.13. The molecular formula is C16H10F4N2O3S. The Balaban J connectivity index is 2.12. The van der Waals surface area contributed by atoms with E-state index in [-0.39, 0.29) is 11.2 Å². The van der Waals surface area contributed by atoms with Gasteiger partial charge in [0.2, 0.25) is 5.56 Å². The van der Waals surface area contributed by atoms with Crippen LogP contribution < -0.4 is 10.3 Å². The lowest BCUT2D eigenvalue weighted by molar-refractivity contribution is -0.136. The van der Waals surface area contributed by atoms with E-state index in [0.29, 0.717) is 6.07 Å². The Kier molecular flexibility index (Phi) is 4.23. The molecule has 0 spiro atoms. The molecule has 0 atom stereocenters. The molecule has 3 aromatic rings. The second-order valence-electron chi connectivity index (χ2n) is 5.36. The molecule has 0 fully saturated rings. The minimum Gasteiger partial charge on any atom is -0.322 e. The highest BCUT2D eigenvalue weighted by Crippen LogP contribution is 2.34. The summed E-state index contributed by atoms with van der Waals surface area (Å²) in [4.78, 5) is 13.2. The minimum absolute atomic E-state index is 0.0454. The van der Waals surface area contributed by atoms with Gasteiger partial charge in [0.05, 0.1) is 10.5 Å². The number of hydrogen-bond donors (Lipinski definition) is 2. The third-order valence-corrected chi connectivity index (χ3v) is 4.91. The lowest BCUT2D eigenvalue weighted by Gasteiger charge is -2.12. The van der Waals surface area contributed by atoms with E-state index in [4.69, 9.17) is 0 Å². The fourth-order valence-electron chi connectivity index (χ4n) is 2.37. The summed E-state index contributed by atoms with van der Waals surface area (Å²) >= 11 is 0. The van der Waals surface area contributed by atoms with Crippen molar-refractivity contribution in [3.8, 4) is 0 Å². The molecule has 1 aromatic heterocycles. The van der Waals surface area contributed by atoms with Crippen LogP contribution in [0, 0.1) is 5.82 Å². The van der Waals surface area contributed by atoms with Gasteiger partial charge in [-0.05, 0) is 42.5 Å². The van der Waals surface area contributed by atoms with E-state index in [1.807, 2.05) is 0 Å². The zero-order chi connectivity index (χ0) is 19.1. The highest BCUT2D eigenvalue weighted by Gasteiger charge is 2.33. The van der Waals surface area contributed by atoms with Crippen molar-refractivity contribution >= 4 is 26.6 Å². The molecule has 2 aromatic carbocycles. The zero-order valence-electron chi connectivity index (χ0n) is 12.8. The molecule has 2 N–H and O–H groups in total. The molecule has 10 heteroatoms. The normalized spacial score (nSPS) is 12.3. The third kappa shape index (κ3) is 3.54. The Morgan fingerprint density at radius 1 is 0.962 bits per heavy atom. The average molecular weight is 386 g/mol. The van der Waals surface area contributed by atoms with E-state index >= 15 is 0 Å². The number of pyridine rings is 1. The minimum atomic E-state index is -4.83. The Labute approximate surface area is 144 Å². The molecule has 0 amide bonds. The summed E-state index contributed by atoms with van der Waals surface area (Å²) in [7, 11) is -4.22. The summed E-state index contributed by atoms with van der Waals surface area (Å²) in [6.07, 6.45) is -4.83. The molecule has 136 valence electrons. The number of fused-ring (bicyclic) bond motifs is 1. The van der Waals surface area contributed by atoms with Gasteiger partial charge in [-0.25, -0.2) is 12.8 Å². The van der Waals surface area contributed by atoms with Crippen LogP contribution in [0.15, 0.2) is 58.2 Å². The van der Waals surface area contributed by atoms with Gasteiger partial charge < -0.3 is 4.98 Å². The van der Waals surface area contributed by atoms with Crippen LogP contribution in [0.3, 0.4) is 0 Å². The van der Waals surface area contributed by atoms with E-state index < -0.39 is 43.4 Å². The smallest absolute Gasteiger partial charge is 0.322 e. The van der Waals surface area contributed by atoms with E-state index in [9.17, 15) is 30.8 Å². The lowest BCUT2D eigenvalue weighted by atomic mass is 10.1. The largest absolute Gasteiger partial charge is 0.417 e. The van der Waals surface area contributed by atoms with Crippen LogP contribution >= 0.6 is 0 Å². The van der Waals surface area contributed by atoms with Crippen molar-refractivity contribution in [1.82, 2.24) is 4.98 Å². The number of halogens is 4. The van der Waals surface area contributed by atoms with Crippen LogP contribution in [0.1, 0.15) is 5.56 Å². The van der Waals surface area contributed by atoms with Crippen LogP contribution in [0.2, 0.25) is 0 Å². The number of anilines is 1. The van der Waals surface area contributed by atoms with Gasteiger partial charge >= 0.3 is 6.18 Å². The number of H-pyrrole nitrogens is 1. The van der Waals surface area contributed by atoms with Gasteiger partial charge in [0.15, 0.2) is 0 Å². The van der Waals surface area contributed by atoms with Crippen molar-refractivity contribution in [3.05, 3.63) is 70.3 Å². The molecule has 0 aliphatic heterocycles. The topological polar surface area (TPSA) is 79.0 Å². The predicted octanol–water partition coefficient (Wildman–Crippen LogP) is 3.49. The number of aromatic amines is 1. The zero-order valence-corrected chi connectivity index (χ0v) is 13.6. The average Bonchev–Trinajstić information content (AvgIpc) is 2.54. The Morgan fingerprint density at radius 3 is 2.23 bits per heavy atom. The molecule has 0 unspecified atom stereocenters. The quantitative estimate of drug-likeness (QED) is 0.677. The first-order valence-electron chi connectivity index (χ1n) is 7.09. The SMILES string of the molecule is O=c1cc(C(F)(F)F)c2cc(S(=O)(=O)Nc3ccc(F)cc3)ccc2[nH]1. The summed E-state index contributed by atoms with van der Waals surface area (Å²) in [5.41, 5.74) is -2.30. The molecule has 0 radical (unpaired) electrons. The van der Waals surface area contributed by atoms with Crippen molar-refractivity contribution < 1.29 is 26.0 Å². The van der Waals surface area contributed by atoms with Gasteiger partial charge in [0.1, 0.15) is 5.82 Å². The van der Waals surface area contributed by atoms with E-state index in [1.165, 1.54) is 12.1 Å². The number of alkyl halides is 3. The fraction of sp³-hybridized carbons (Fsp3) is 0.0625. The molecule has 26 heavy (non-hydrogen) atoms. The third-order valence-electron chi connectivity index (χ3n) is 3.53. The first-order chi connectivity index (χ1) is 12.1. The first kappa shape index (κ1) is 17.9. The summed E-state index contributed by atoms with van der Waals surface area (Å²) in [6, 6.07) is 7.73. The maximum Gasteiger partial charge on any atom is 0.417 e.